The van der Waals surface area contributed by atoms with E-state index in [0.717, 1.165) is 11.1 Å². The van der Waals surface area contributed by atoms with Crippen molar-refractivity contribution < 1.29 is 23.7 Å². The van der Waals surface area contributed by atoms with E-state index in [1.165, 1.54) is 0 Å². The van der Waals surface area contributed by atoms with Crippen LogP contribution in [0, 0.1) is 0 Å². The zero-order valence-corrected chi connectivity index (χ0v) is 17.9. The zero-order chi connectivity index (χ0) is 21.7. The van der Waals surface area contributed by atoms with Crippen LogP contribution in [0.4, 0.5) is 4.79 Å². The summed E-state index contributed by atoms with van der Waals surface area (Å²) in [6.07, 6.45) is 1.80. The van der Waals surface area contributed by atoms with Gasteiger partial charge in [-0.25, -0.2) is 4.79 Å². The number of hydrogen-bond acceptors (Lipinski definition) is 5. The first-order chi connectivity index (χ1) is 14.5. The Bertz CT molecular complexity index is 914. The molecular weight excluding hydrogens is 384 g/mol. The number of ether oxygens (including phenoxy) is 4. The van der Waals surface area contributed by atoms with Crippen LogP contribution >= 0.6 is 0 Å². The maximum absolute atomic E-state index is 13.2. The van der Waals surface area contributed by atoms with E-state index >= 15 is 0 Å². The molecule has 1 atom stereocenters. The number of carbonyl (C=O) groups is 1. The number of amides is 2. The number of rotatable bonds is 9. The normalized spacial score (nSPS) is 15.9. The molecule has 2 amide bonds. The lowest BCUT2D eigenvalue weighted by atomic mass is 10.1. The molecule has 160 valence electrons. The van der Waals surface area contributed by atoms with Crippen LogP contribution in [0.3, 0.4) is 0 Å². The lowest BCUT2D eigenvalue weighted by Gasteiger charge is -2.23. The van der Waals surface area contributed by atoms with Gasteiger partial charge in [-0.15, -0.1) is 6.58 Å². The third kappa shape index (κ3) is 4.30. The van der Waals surface area contributed by atoms with Crippen LogP contribution in [0.5, 0.6) is 23.0 Å². The molecule has 0 unspecified atom stereocenters. The minimum Gasteiger partial charge on any atom is -0.497 e. The largest absolute Gasteiger partial charge is 0.497 e. The van der Waals surface area contributed by atoms with Crippen molar-refractivity contribution in [1.29, 1.82) is 0 Å². The molecule has 1 aliphatic rings. The molecule has 7 nitrogen and oxygen atoms in total. The van der Waals surface area contributed by atoms with Crippen LogP contribution in [0.15, 0.2) is 49.1 Å². The molecule has 2 aromatic carbocycles. The highest BCUT2D eigenvalue weighted by atomic mass is 16.5. The zero-order valence-electron chi connectivity index (χ0n) is 17.9. The highest BCUT2D eigenvalue weighted by Gasteiger charge is 2.36. The Morgan fingerprint density at radius 2 is 1.43 bits per heavy atom. The van der Waals surface area contributed by atoms with Gasteiger partial charge in [0.05, 0.1) is 47.6 Å². The number of nitrogens with zero attached hydrogens (tertiary/aromatic N) is 2. The lowest BCUT2D eigenvalue weighted by Crippen LogP contribution is -2.33. The van der Waals surface area contributed by atoms with Gasteiger partial charge in [-0.2, -0.15) is 0 Å². The van der Waals surface area contributed by atoms with Crippen molar-refractivity contribution in [2.75, 3.05) is 35.0 Å². The van der Waals surface area contributed by atoms with Crippen molar-refractivity contribution in [3.8, 4) is 23.0 Å². The highest BCUT2D eigenvalue weighted by molar-refractivity contribution is 5.78. The molecule has 0 aromatic heterocycles. The predicted molar refractivity (Wildman–Crippen MR) is 114 cm³/mol. The fourth-order valence-corrected chi connectivity index (χ4v) is 3.60. The third-order valence-corrected chi connectivity index (χ3v) is 5.29. The Morgan fingerprint density at radius 1 is 0.900 bits per heavy atom. The highest BCUT2D eigenvalue weighted by Crippen LogP contribution is 2.31. The maximum Gasteiger partial charge on any atom is 0.321 e. The summed E-state index contributed by atoms with van der Waals surface area (Å²) in [5.74, 6) is 2.78. The maximum atomic E-state index is 13.2. The van der Waals surface area contributed by atoms with Crippen LogP contribution in [-0.2, 0) is 13.1 Å². The summed E-state index contributed by atoms with van der Waals surface area (Å²) in [7, 11) is 6.44. The molecule has 2 aromatic rings. The average Bonchev–Trinajstić information content (AvgIpc) is 3.08. The molecule has 3 rings (SSSR count). The predicted octanol–water partition coefficient (Wildman–Crippen LogP) is 3.71. The summed E-state index contributed by atoms with van der Waals surface area (Å²) in [6, 6.07) is 11.0. The molecule has 0 radical (unpaired) electrons. The molecule has 1 fully saturated rings. The van der Waals surface area contributed by atoms with Gasteiger partial charge in [-0.05, 0) is 24.3 Å². The van der Waals surface area contributed by atoms with Crippen molar-refractivity contribution in [3.05, 3.63) is 60.2 Å². The Balaban J connectivity index is 1.80. The molecule has 0 aliphatic carbocycles. The summed E-state index contributed by atoms with van der Waals surface area (Å²) in [6.45, 7) is 5.33. The quantitative estimate of drug-likeness (QED) is 0.588. The Hall–Kier alpha value is -3.35. The first-order valence-electron chi connectivity index (χ1n) is 9.64. The smallest absolute Gasteiger partial charge is 0.321 e. The van der Waals surface area contributed by atoms with Gasteiger partial charge in [-0.1, -0.05) is 6.08 Å². The van der Waals surface area contributed by atoms with Crippen LogP contribution in [0.2, 0.25) is 0 Å². The van der Waals surface area contributed by atoms with Gasteiger partial charge in [0.2, 0.25) is 0 Å². The molecule has 30 heavy (non-hydrogen) atoms. The molecule has 0 spiro atoms. The van der Waals surface area contributed by atoms with E-state index in [-0.39, 0.29) is 12.1 Å². The lowest BCUT2D eigenvalue weighted by molar-refractivity contribution is 0.185. The van der Waals surface area contributed by atoms with Crippen molar-refractivity contribution in [1.82, 2.24) is 9.80 Å². The van der Waals surface area contributed by atoms with Gasteiger partial charge in [-0.3, -0.25) is 0 Å². The van der Waals surface area contributed by atoms with Crippen molar-refractivity contribution in [2.24, 2.45) is 0 Å². The molecule has 0 saturated carbocycles. The number of benzene rings is 2. The van der Waals surface area contributed by atoms with Crippen LogP contribution < -0.4 is 18.9 Å². The summed E-state index contributed by atoms with van der Waals surface area (Å²) in [4.78, 5) is 16.8. The summed E-state index contributed by atoms with van der Waals surface area (Å²) >= 11 is 0. The SMILES string of the molecule is C=C[C@@H]1CN(Cc2ccc(OC)cc2OC)C(=O)N1Cc1ccc(OC)cc1OC. The van der Waals surface area contributed by atoms with Gasteiger partial charge in [0, 0.05) is 29.8 Å². The van der Waals surface area contributed by atoms with E-state index < -0.39 is 0 Å². The van der Waals surface area contributed by atoms with E-state index in [4.69, 9.17) is 18.9 Å². The fourth-order valence-electron chi connectivity index (χ4n) is 3.60. The Morgan fingerprint density at radius 3 is 1.90 bits per heavy atom. The van der Waals surface area contributed by atoms with Crippen molar-refractivity contribution in [3.63, 3.8) is 0 Å². The van der Waals surface area contributed by atoms with Gasteiger partial charge in [0.25, 0.3) is 0 Å². The van der Waals surface area contributed by atoms with E-state index in [0.29, 0.717) is 42.6 Å². The topological polar surface area (TPSA) is 60.5 Å². The molecule has 1 saturated heterocycles. The van der Waals surface area contributed by atoms with Crippen LogP contribution in [0.1, 0.15) is 11.1 Å². The molecule has 0 N–H and O–H groups in total. The van der Waals surface area contributed by atoms with Crippen molar-refractivity contribution in [2.45, 2.75) is 19.1 Å². The fraction of sp³-hybridized carbons (Fsp3) is 0.348. The number of hydrogen-bond donors (Lipinski definition) is 0. The third-order valence-electron chi connectivity index (χ3n) is 5.29. The second kappa shape index (κ2) is 9.43. The van der Waals surface area contributed by atoms with E-state index in [1.54, 1.807) is 44.3 Å². The molecule has 1 aliphatic heterocycles. The van der Waals surface area contributed by atoms with Crippen LogP contribution in [0.25, 0.3) is 0 Å². The van der Waals surface area contributed by atoms with E-state index in [9.17, 15) is 4.79 Å². The van der Waals surface area contributed by atoms with E-state index in [1.807, 2.05) is 36.4 Å². The second-order valence-electron chi connectivity index (χ2n) is 6.95. The Kier molecular flexibility index (Phi) is 6.72. The van der Waals surface area contributed by atoms with Gasteiger partial charge in [0.1, 0.15) is 23.0 Å². The first-order valence-corrected chi connectivity index (χ1v) is 9.64. The van der Waals surface area contributed by atoms with Crippen molar-refractivity contribution >= 4 is 6.03 Å². The number of urea groups is 1. The molecule has 0 bridgehead atoms. The molecule has 7 heteroatoms. The molecule has 1 heterocycles. The second-order valence-corrected chi connectivity index (χ2v) is 6.95. The summed E-state index contributed by atoms with van der Waals surface area (Å²) < 4.78 is 21.5. The summed E-state index contributed by atoms with van der Waals surface area (Å²) in [5.41, 5.74) is 1.82. The minimum absolute atomic E-state index is 0.0596. The van der Waals surface area contributed by atoms with Gasteiger partial charge in [0.15, 0.2) is 0 Å². The van der Waals surface area contributed by atoms with Gasteiger partial charge < -0.3 is 28.7 Å². The minimum atomic E-state index is -0.103. The Labute approximate surface area is 177 Å². The van der Waals surface area contributed by atoms with Crippen LogP contribution in [-0.4, -0.2) is 56.9 Å². The standard InChI is InChI=1S/C23H28N2O5/c1-6-18-15-24(13-16-7-9-19(27-2)11-21(16)29-4)23(26)25(18)14-17-8-10-20(28-3)12-22(17)30-5/h6-12,18H,1,13-15H2,2-5H3/t18-/m1/s1. The average molecular weight is 412 g/mol. The number of carbonyl (C=O) groups excluding carboxylic acids is 1. The monoisotopic (exact) mass is 412 g/mol. The summed E-state index contributed by atoms with van der Waals surface area (Å²) in [5, 5.41) is 0. The number of methoxy groups -OCH3 is 4. The first kappa shape index (κ1) is 21.4. The van der Waals surface area contributed by atoms with Gasteiger partial charge >= 0.3 is 6.03 Å². The molecular formula is C23H28N2O5. The van der Waals surface area contributed by atoms with E-state index in [2.05, 4.69) is 6.58 Å².